The van der Waals surface area contributed by atoms with Gasteiger partial charge >= 0.3 is 0 Å². The van der Waals surface area contributed by atoms with E-state index in [1.54, 1.807) is 6.07 Å². The highest BCUT2D eigenvalue weighted by atomic mass is 35.5. The van der Waals surface area contributed by atoms with Crippen molar-refractivity contribution < 1.29 is 4.74 Å². The Hall–Kier alpha value is -0.440. The van der Waals surface area contributed by atoms with E-state index in [4.69, 9.17) is 27.9 Å². The molecule has 2 atom stereocenters. The molecule has 3 rings (SSSR count). The molecule has 1 aromatic carbocycles. The van der Waals surface area contributed by atoms with Gasteiger partial charge in [-0.3, -0.25) is 0 Å². The van der Waals surface area contributed by atoms with Gasteiger partial charge < -0.3 is 10.1 Å². The van der Waals surface area contributed by atoms with Crippen LogP contribution in [0.5, 0.6) is 5.75 Å². The highest BCUT2D eigenvalue weighted by Gasteiger charge is 2.28. The maximum absolute atomic E-state index is 6.26. The molecule has 116 valence electrons. The van der Waals surface area contributed by atoms with Gasteiger partial charge in [0, 0.05) is 29.1 Å². The van der Waals surface area contributed by atoms with E-state index < -0.39 is 0 Å². The van der Waals surface area contributed by atoms with Crippen LogP contribution in [0.1, 0.15) is 57.1 Å². The molecule has 0 saturated heterocycles. The molecule has 2 nitrogen and oxygen atoms in total. The van der Waals surface area contributed by atoms with Crippen molar-refractivity contribution in [3.8, 4) is 5.75 Å². The predicted molar refractivity (Wildman–Crippen MR) is 88.5 cm³/mol. The molecule has 1 aliphatic carbocycles. The van der Waals surface area contributed by atoms with E-state index >= 15 is 0 Å². The Morgan fingerprint density at radius 2 is 1.90 bits per heavy atom. The molecule has 0 aromatic heterocycles. The number of benzene rings is 1. The third-order valence-corrected chi connectivity index (χ3v) is 5.39. The summed E-state index contributed by atoms with van der Waals surface area (Å²) in [5.74, 6) is 1.60. The lowest BCUT2D eigenvalue weighted by atomic mass is 9.84. The molecule has 21 heavy (non-hydrogen) atoms. The first kappa shape index (κ1) is 15.5. The Morgan fingerprint density at radius 3 is 2.67 bits per heavy atom. The number of hydrogen-bond acceptors (Lipinski definition) is 2. The van der Waals surface area contributed by atoms with Crippen molar-refractivity contribution in [1.82, 2.24) is 5.32 Å². The van der Waals surface area contributed by atoms with Crippen molar-refractivity contribution in [2.24, 2.45) is 5.92 Å². The summed E-state index contributed by atoms with van der Waals surface area (Å²) < 4.78 is 5.74. The van der Waals surface area contributed by atoms with Gasteiger partial charge in [-0.1, -0.05) is 42.5 Å². The number of halogens is 2. The quantitative estimate of drug-likeness (QED) is 0.805. The van der Waals surface area contributed by atoms with Gasteiger partial charge in [-0.25, -0.2) is 0 Å². The van der Waals surface area contributed by atoms with Gasteiger partial charge in [0.25, 0.3) is 0 Å². The van der Waals surface area contributed by atoms with Crippen LogP contribution in [0.2, 0.25) is 10.0 Å². The molecule has 1 aromatic rings. The second-order valence-electron chi connectivity index (χ2n) is 6.35. The van der Waals surface area contributed by atoms with E-state index in [2.05, 4.69) is 12.2 Å². The number of nitrogens with one attached hydrogen (secondary N) is 1. The van der Waals surface area contributed by atoms with Gasteiger partial charge in [-0.15, -0.1) is 0 Å². The maximum Gasteiger partial charge on any atom is 0.142 e. The summed E-state index contributed by atoms with van der Waals surface area (Å²) in [6.07, 6.45) is 7.81. The summed E-state index contributed by atoms with van der Waals surface area (Å²) >= 11 is 12.4. The van der Waals surface area contributed by atoms with Crippen LogP contribution in [0.4, 0.5) is 0 Å². The molecule has 1 heterocycles. The number of hydrogen-bond donors (Lipinski definition) is 1. The Labute approximate surface area is 137 Å². The van der Waals surface area contributed by atoms with Crippen molar-refractivity contribution in [3.05, 3.63) is 27.7 Å². The lowest BCUT2D eigenvalue weighted by molar-refractivity contribution is 0.216. The standard InChI is InChI=1S/C17H23Cl2NO/c1-11(12-5-3-2-4-6-12)20-16-7-8-21-17-14(16)9-13(18)10-15(17)19/h9-12,16,20H,2-8H2,1H3/t11-,16?/m0/s1. The van der Waals surface area contributed by atoms with Crippen LogP contribution in [0, 0.1) is 5.92 Å². The minimum Gasteiger partial charge on any atom is -0.492 e. The van der Waals surface area contributed by atoms with Gasteiger partial charge in [-0.2, -0.15) is 0 Å². The van der Waals surface area contributed by atoms with Gasteiger partial charge in [0.05, 0.1) is 11.6 Å². The third-order valence-electron chi connectivity index (χ3n) is 4.89. The van der Waals surface area contributed by atoms with Crippen molar-refractivity contribution in [2.75, 3.05) is 6.61 Å². The fourth-order valence-electron chi connectivity index (χ4n) is 3.69. The molecule has 1 saturated carbocycles. The third kappa shape index (κ3) is 3.49. The summed E-state index contributed by atoms with van der Waals surface area (Å²) in [7, 11) is 0. The average Bonchev–Trinajstić information content (AvgIpc) is 2.49. The van der Waals surface area contributed by atoms with Gasteiger partial charge in [-0.05, 0) is 37.8 Å². The molecule has 1 unspecified atom stereocenters. The van der Waals surface area contributed by atoms with Gasteiger partial charge in [0.2, 0.25) is 0 Å². The second-order valence-corrected chi connectivity index (χ2v) is 7.19. The number of ether oxygens (including phenoxy) is 1. The van der Waals surface area contributed by atoms with E-state index in [0.29, 0.717) is 28.7 Å². The molecule has 0 spiro atoms. The minimum atomic E-state index is 0.293. The van der Waals surface area contributed by atoms with Crippen LogP contribution in [-0.2, 0) is 0 Å². The van der Waals surface area contributed by atoms with E-state index in [0.717, 1.165) is 23.7 Å². The Morgan fingerprint density at radius 1 is 1.14 bits per heavy atom. The molecule has 0 bridgehead atoms. The van der Waals surface area contributed by atoms with Crippen LogP contribution in [0.15, 0.2) is 12.1 Å². The lowest BCUT2D eigenvalue weighted by Gasteiger charge is -2.34. The van der Waals surface area contributed by atoms with Gasteiger partial charge in [0.15, 0.2) is 0 Å². The van der Waals surface area contributed by atoms with Crippen molar-refractivity contribution in [2.45, 2.75) is 57.5 Å². The molecule has 0 amide bonds. The minimum absolute atomic E-state index is 0.293. The number of rotatable bonds is 3. The molecule has 1 N–H and O–H groups in total. The zero-order chi connectivity index (χ0) is 14.8. The Kier molecular flexibility index (Phi) is 4.98. The van der Waals surface area contributed by atoms with Crippen molar-refractivity contribution in [1.29, 1.82) is 0 Å². The van der Waals surface area contributed by atoms with Crippen LogP contribution in [-0.4, -0.2) is 12.6 Å². The Balaban J connectivity index is 1.75. The molecule has 1 aliphatic heterocycles. The fraction of sp³-hybridized carbons (Fsp3) is 0.647. The fourth-order valence-corrected chi connectivity index (χ4v) is 4.25. The zero-order valence-electron chi connectivity index (χ0n) is 12.5. The smallest absolute Gasteiger partial charge is 0.142 e. The molecule has 4 heteroatoms. The Bertz CT molecular complexity index is 500. The average molecular weight is 328 g/mol. The van der Waals surface area contributed by atoms with Gasteiger partial charge in [0.1, 0.15) is 5.75 Å². The monoisotopic (exact) mass is 327 g/mol. The predicted octanol–water partition coefficient (Wildman–Crippen LogP) is 5.38. The van der Waals surface area contributed by atoms with Crippen molar-refractivity contribution >= 4 is 23.2 Å². The first-order valence-electron chi connectivity index (χ1n) is 8.03. The van der Waals surface area contributed by atoms with E-state index in [9.17, 15) is 0 Å². The molecule has 1 fully saturated rings. The molecular formula is C17H23Cl2NO. The van der Waals surface area contributed by atoms with Crippen molar-refractivity contribution in [3.63, 3.8) is 0 Å². The summed E-state index contributed by atoms with van der Waals surface area (Å²) in [6, 6.07) is 4.57. The van der Waals surface area contributed by atoms with E-state index in [1.165, 1.54) is 32.1 Å². The summed E-state index contributed by atoms with van der Waals surface area (Å²) in [5.41, 5.74) is 1.11. The topological polar surface area (TPSA) is 21.3 Å². The van der Waals surface area contributed by atoms with E-state index in [1.807, 2.05) is 6.07 Å². The van der Waals surface area contributed by atoms with Crippen LogP contribution >= 0.6 is 23.2 Å². The van der Waals surface area contributed by atoms with Crippen LogP contribution in [0.3, 0.4) is 0 Å². The normalized spacial score (nSPS) is 24.2. The summed E-state index contributed by atoms with van der Waals surface area (Å²) in [4.78, 5) is 0. The second kappa shape index (κ2) is 6.76. The first-order chi connectivity index (χ1) is 10.1. The maximum atomic E-state index is 6.26. The van der Waals surface area contributed by atoms with Crippen LogP contribution < -0.4 is 10.1 Å². The zero-order valence-corrected chi connectivity index (χ0v) is 14.0. The highest BCUT2D eigenvalue weighted by Crippen LogP contribution is 2.40. The molecular weight excluding hydrogens is 305 g/mol. The SMILES string of the molecule is C[C@H](NC1CCOc2c(Cl)cc(Cl)cc21)C1CCCCC1. The molecule has 0 radical (unpaired) electrons. The first-order valence-corrected chi connectivity index (χ1v) is 8.78. The van der Waals surface area contributed by atoms with E-state index in [-0.39, 0.29) is 0 Å². The summed E-state index contributed by atoms with van der Waals surface area (Å²) in [5, 5.41) is 5.10. The van der Waals surface area contributed by atoms with Crippen LogP contribution in [0.25, 0.3) is 0 Å². The number of fused-ring (bicyclic) bond motifs is 1. The lowest BCUT2D eigenvalue weighted by Crippen LogP contribution is -2.39. The largest absolute Gasteiger partial charge is 0.492 e. The molecule has 2 aliphatic rings. The highest BCUT2D eigenvalue weighted by molar-refractivity contribution is 6.35. The summed E-state index contributed by atoms with van der Waals surface area (Å²) in [6.45, 7) is 3.03.